The standard InChI is InChI=1S/C29H30N2/c1-20(2)23-16-22-10-5-7-14-28(22)30(18-23)24-11-9-12-25(17-24)31-19-27(21(3)4)26-13-6-8-15-29(26)31/h5-15,17-21H,16H2,1-4H3. The minimum absolute atomic E-state index is 0.486. The number of hydrogen-bond donors (Lipinski definition) is 0. The predicted molar refractivity (Wildman–Crippen MR) is 133 cm³/mol. The van der Waals surface area contributed by atoms with E-state index >= 15 is 0 Å². The number of fused-ring (bicyclic) bond motifs is 2. The average Bonchev–Trinajstić information content (AvgIpc) is 3.18. The number of rotatable bonds is 4. The Balaban J connectivity index is 1.65. The van der Waals surface area contributed by atoms with Crippen molar-refractivity contribution in [3.8, 4) is 5.69 Å². The van der Waals surface area contributed by atoms with E-state index in [-0.39, 0.29) is 0 Å². The van der Waals surface area contributed by atoms with Gasteiger partial charge in [0.15, 0.2) is 0 Å². The van der Waals surface area contributed by atoms with Crippen LogP contribution >= 0.6 is 0 Å². The van der Waals surface area contributed by atoms with E-state index in [1.54, 1.807) is 0 Å². The van der Waals surface area contributed by atoms with Gasteiger partial charge in [-0.05, 0) is 65.3 Å². The molecule has 5 rings (SSSR count). The minimum Gasteiger partial charge on any atom is -0.317 e. The predicted octanol–water partition coefficient (Wildman–Crippen LogP) is 7.99. The first-order valence-corrected chi connectivity index (χ1v) is 11.3. The fourth-order valence-corrected chi connectivity index (χ4v) is 4.64. The normalized spacial score (nSPS) is 13.7. The first kappa shape index (κ1) is 19.7. The van der Waals surface area contributed by atoms with E-state index in [4.69, 9.17) is 0 Å². The van der Waals surface area contributed by atoms with Gasteiger partial charge in [0.05, 0.1) is 5.52 Å². The SMILES string of the molecule is CC(C)C1=CN(c2cccc(-n3cc(C(C)C)c4ccccc43)c2)c2ccccc2C1. The van der Waals surface area contributed by atoms with Crippen LogP contribution in [0.3, 0.4) is 0 Å². The third kappa shape index (κ3) is 3.46. The number of nitrogens with zero attached hydrogens (tertiary/aromatic N) is 2. The van der Waals surface area contributed by atoms with E-state index in [1.165, 1.54) is 44.7 Å². The van der Waals surface area contributed by atoms with E-state index in [2.05, 4.69) is 122 Å². The first-order chi connectivity index (χ1) is 15.0. The van der Waals surface area contributed by atoms with Crippen molar-refractivity contribution >= 4 is 22.3 Å². The van der Waals surface area contributed by atoms with Gasteiger partial charge >= 0.3 is 0 Å². The van der Waals surface area contributed by atoms with Crippen LogP contribution in [0, 0.1) is 5.92 Å². The molecule has 1 aliphatic heterocycles. The molecule has 4 aromatic rings. The Bertz CT molecular complexity index is 1270. The maximum atomic E-state index is 2.37. The van der Waals surface area contributed by atoms with Gasteiger partial charge in [0.25, 0.3) is 0 Å². The van der Waals surface area contributed by atoms with Gasteiger partial charge in [0.1, 0.15) is 0 Å². The zero-order valence-corrected chi connectivity index (χ0v) is 18.8. The lowest BCUT2D eigenvalue weighted by atomic mass is 9.92. The summed E-state index contributed by atoms with van der Waals surface area (Å²) in [5, 5.41) is 1.34. The molecule has 0 radical (unpaired) electrons. The van der Waals surface area contributed by atoms with Crippen LogP contribution < -0.4 is 4.90 Å². The van der Waals surface area contributed by atoms with Crippen molar-refractivity contribution in [2.24, 2.45) is 5.92 Å². The summed E-state index contributed by atoms with van der Waals surface area (Å²) < 4.78 is 2.34. The second-order valence-electron chi connectivity index (χ2n) is 9.18. The van der Waals surface area contributed by atoms with Gasteiger partial charge in [0.2, 0.25) is 0 Å². The number of anilines is 2. The quantitative estimate of drug-likeness (QED) is 0.333. The monoisotopic (exact) mass is 406 g/mol. The van der Waals surface area contributed by atoms with Gasteiger partial charge in [-0.2, -0.15) is 0 Å². The number of para-hydroxylation sites is 2. The molecule has 1 aromatic heterocycles. The second kappa shape index (κ2) is 7.77. The van der Waals surface area contributed by atoms with Crippen LogP contribution in [0.25, 0.3) is 16.6 Å². The Morgan fingerprint density at radius 2 is 1.48 bits per heavy atom. The maximum absolute atomic E-state index is 2.37. The summed E-state index contributed by atoms with van der Waals surface area (Å²) in [5.74, 6) is 1.01. The molecule has 2 heteroatoms. The van der Waals surface area contributed by atoms with Crippen molar-refractivity contribution in [3.63, 3.8) is 0 Å². The largest absolute Gasteiger partial charge is 0.317 e. The Hall–Kier alpha value is -3.26. The highest BCUT2D eigenvalue weighted by Gasteiger charge is 2.21. The van der Waals surface area contributed by atoms with Crippen LogP contribution in [-0.2, 0) is 6.42 Å². The number of hydrogen-bond acceptors (Lipinski definition) is 1. The van der Waals surface area contributed by atoms with Crippen molar-refractivity contribution in [1.29, 1.82) is 0 Å². The molecule has 0 saturated heterocycles. The third-order valence-electron chi connectivity index (χ3n) is 6.43. The lowest BCUT2D eigenvalue weighted by Crippen LogP contribution is -2.19. The zero-order valence-electron chi connectivity index (χ0n) is 18.8. The van der Waals surface area contributed by atoms with Crippen molar-refractivity contribution in [1.82, 2.24) is 4.57 Å². The number of allylic oxidation sites excluding steroid dienone is 1. The lowest BCUT2D eigenvalue weighted by molar-refractivity contribution is 0.729. The summed E-state index contributed by atoms with van der Waals surface area (Å²) in [7, 11) is 0. The molecule has 156 valence electrons. The van der Waals surface area contributed by atoms with E-state index in [9.17, 15) is 0 Å². The van der Waals surface area contributed by atoms with Crippen LogP contribution in [0.15, 0.2) is 90.8 Å². The van der Waals surface area contributed by atoms with Gasteiger partial charge in [-0.15, -0.1) is 0 Å². The Morgan fingerprint density at radius 1 is 0.742 bits per heavy atom. The molecule has 0 aliphatic carbocycles. The summed E-state index contributed by atoms with van der Waals surface area (Å²) in [6, 6.07) is 26.4. The molecule has 3 aromatic carbocycles. The summed E-state index contributed by atoms with van der Waals surface area (Å²) >= 11 is 0. The lowest BCUT2D eigenvalue weighted by Gasteiger charge is -2.31. The third-order valence-corrected chi connectivity index (χ3v) is 6.43. The van der Waals surface area contributed by atoms with Gasteiger partial charge in [-0.1, -0.05) is 70.2 Å². The summed E-state index contributed by atoms with van der Waals surface area (Å²) in [6.07, 6.45) is 5.69. The molecule has 0 amide bonds. The second-order valence-corrected chi connectivity index (χ2v) is 9.18. The molecular weight excluding hydrogens is 376 g/mol. The van der Waals surface area contributed by atoms with Gasteiger partial charge in [-0.3, -0.25) is 0 Å². The van der Waals surface area contributed by atoms with Crippen molar-refractivity contribution in [2.45, 2.75) is 40.0 Å². The van der Waals surface area contributed by atoms with Crippen LogP contribution in [0.2, 0.25) is 0 Å². The summed E-state index contributed by atoms with van der Waals surface area (Å²) in [6.45, 7) is 9.11. The summed E-state index contributed by atoms with van der Waals surface area (Å²) in [4.78, 5) is 2.37. The van der Waals surface area contributed by atoms with E-state index in [1.807, 2.05) is 0 Å². The highest BCUT2D eigenvalue weighted by atomic mass is 15.1. The van der Waals surface area contributed by atoms with E-state index in [0.717, 1.165) is 6.42 Å². The fraction of sp³-hybridized carbons (Fsp3) is 0.241. The van der Waals surface area contributed by atoms with Gasteiger partial charge in [-0.25, -0.2) is 0 Å². The fourth-order valence-electron chi connectivity index (χ4n) is 4.64. The molecule has 0 fully saturated rings. The van der Waals surface area contributed by atoms with Crippen molar-refractivity contribution < 1.29 is 0 Å². The van der Waals surface area contributed by atoms with E-state index in [0.29, 0.717) is 11.8 Å². The van der Waals surface area contributed by atoms with Gasteiger partial charge < -0.3 is 9.47 Å². The number of aromatic nitrogens is 1. The average molecular weight is 407 g/mol. The van der Waals surface area contributed by atoms with Crippen LogP contribution in [0.5, 0.6) is 0 Å². The number of benzene rings is 3. The molecule has 2 nitrogen and oxygen atoms in total. The molecule has 1 aliphatic rings. The molecule has 0 bridgehead atoms. The highest BCUT2D eigenvalue weighted by Crippen LogP contribution is 2.38. The molecule has 0 spiro atoms. The van der Waals surface area contributed by atoms with Crippen LogP contribution in [0.4, 0.5) is 11.4 Å². The zero-order chi connectivity index (χ0) is 21.5. The maximum Gasteiger partial charge on any atom is 0.0531 e. The molecular formula is C29H30N2. The Labute approximate surface area is 185 Å². The minimum atomic E-state index is 0.486. The highest BCUT2D eigenvalue weighted by molar-refractivity contribution is 5.86. The van der Waals surface area contributed by atoms with Crippen LogP contribution in [0.1, 0.15) is 44.7 Å². The molecule has 2 heterocycles. The molecule has 31 heavy (non-hydrogen) atoms. The topological polar surface area (TPSA) is 8.17 Å². The molecule has 0 unspecified atom stereocenters. The van der Waals surface area contributed by atoms with Crippen LogP contribution in [-0.4, -0.2) is 4.57 Å². The molecule has 0 saturated carbocycles. The molecule has 0 atom stereocenters. The smallest absolute Gasteiger partial charge is 0.0531 e. The van der Waals surface area contributed by atoms with E-state index < -0.39 is 0 Å². The first-order valence-electron chi connectivity index (χ1n) is 11.3. The van der Waals surface area contributed by atoms with Crippen molar-refractivity contribution in [3.05, 3.63) is 102 Å². The Kier molecular flexibility index (Phi) is 4.94. The van der Waals surface area contributed by atoms with Crippen molar-refractivity contribution in [2.75, 3.05) is 4.90 Å². The Morgan fingerprint density at radius 3 is 2.29 bits per heavy atom. The van der Waals surface area contributed by atoms with Gasteiger partial charge in [0, 0.05) is 34.8 Å². The molecule has 0 N–H and O–H groups in total. The summed E-state index contributed by atoms with van der Waals surface area (Å²) in [5.41, 5.74) is 9.21.